The van der Waals surface area contributed by atoms with Gasteiger partial charge in [0, 0.05) is 25.3 Å². The lowest BCUT2D eigenvalue weighted by Crippen LogP contribution is -3.14. The fourth-order valence-electron chi connectivity index (χ4n) is 4.54. The summed E-state index contributed by atoms with van der Waals surface area (Å²) in [5.74, 6) is 0.342. The molecule has 0 spiro atoms. The van der Waals surface area contributed by atoms with Gasteiger partial charge in [0.05, 0.1) is 34.9 Å². The predicted octanol–water partition coefficient (Wildman–Crippen LogP) is 2.00. The maximum atomic E-state index is 12.9. The van der Waals surface area contributed by atoms with Gasteiger partial charge in [-0.15, -0.1) is 11.3 Å². The number of para-hydroxylation sites is 1. The lowest BCUT2D eigenvalue weighted by atomic mass is 9.97. The summed E-state index contributed by atoms with van der Waals surface area (Å²) >= 11 is 1.80. The Morgan fingerprint density at radius 3 is 2.76 bits per heavy atom. The van der Waals surface area contributed by atoms with Gasteiger partial charge in [0.15, 0.2) is 6.54 Å². The number of nitrogens with zero attached hydrogens (tertiary/aromatic N) is 2. The Balaban J connectivity index is 1.32. The lowest BCUT2D eigenvalue weighted by Gasteiger charge is -2.35. The van der Waals surface area contributed by atoms with E-state index in [1.54, 1.807) is 16.2 Å². The second-order valence-electron chi connectivity index (χ2n) is 8.07. The predicted molar refractivity (Wildman–Crippen MR) is 113 cm³/mol. The van der Waals surface area contributed by atoms with Crippen molar-refractivity contribution in [1.82, 2.24) is 9.88 Å². The molecule has 0 aliphatic carbocycles. The molecule has 2 saturated heterocycles. The summed E-state index contributed by atoms with van der Waals surface area (Å²) in [6.45, 7) is 5.27. The van der Waals surface area contributed by atoms with Gasteiger partial charge in [-0.3, -0.25) is 4.79 Å². The highest BCUT2D eigenvalue weighted by molar-refractivity contribution is 7.18. The van der Waals surface area contributed by atoms with Crippen LogP contribution in [0, 0.1) is 0 Å². The summed E-state index contributed by atoms with van der Waals surface area (Å²) in [6.07, 6.45) is 4.79. The summed E-state index contributed by atoms with van der Waals surface area (Å²) in [6, 6.07) is 7.92. The van der Waals surface area contributed by atoms with Gasteiger partial charge in [-0.25, -0.2) is 9.78 Å². The van der Waals surface area contributed by atoms with Crippen LogP contribution in [0.15, 0.2) is 24.3 Å². The molecule has 7 heteroatoms. The number of fused-ring (bicyclic) bond motifs is 1. The number of carbonyl (C=O) groups is 2. The SMILES string of the molecule is CCOC(=O)[C@H]1CCCCN1C(=O)C[NH+]1CCC(c2nc3ccccc3s2)CC1. The van der Waals surface area contributed by atoms with Gasteiger partial charge in [-0.2, -0.15) is 0 Å². The van der Waals surface area contributed by atoms with Gasteiger partial charge < -0.3 is 14.5 Å². The van der Waals surface area contributed by atoms with Crippen LogP contribution in [-0.2, 0) is 14.3 Å². The van der Waals surface area contributed by atoms with Crippen LogP contribution in [0.3, 0.4) is 0 Å². The molecule has 1 N–H and O–H groups in total. The molecule has 6 nitrogen and oxygen atoms in total. The second-order valence-corrected chi connectivity index (χ2v) is 9.13. The number of carbonyl (C=O) groups excluding carboxylic acids is 2. The first-order chi connectivity index (χ1) is 14.2. The van der Waals surface area contributed by atoms with Gasteiger partial charge in [0.1, 0.15) is 6.04 Å². The first-order valence-electron chi connectivity index (χ1n) is 10.8. The third-order valence-corrected chi connectivity index (χ3v) is 7.33. The number of benzene rings is 1. The number of quaternary nitrogens is 1. The second kappa shape index (κ2) is 9.22. The number of amides is 1. The molecule has 2 aromatic rings. The Bertz CT molecular complexity index is 827. The fraction of sp³-hybridized carbons (Fsp3) is 0.591. The van der Waals surface area contributed by atoms with Crippen LogP contribution in [0.2, 0.25) is 0 Å². The normalized spacial score (nSPS) is 25.1. The van der Waals surface area contributed by atoms with Crippen LogP contribution in [0.1, 0.15) is 50.0 Å². The molecule has 2 aliphatic heterocycles. The van der Waals surface area contributed by atoms with E-state index in [0.717, 1.165) is 50.7 Å². The number of nitrogens with one attached hydrogen (secondary N) is 1. The maximum Gasteiger partial charge on any atom is 0.328 e. The Kier molecular flexibility index (Phi) is 6.45. The third kappa shape index (κ3) is 4.61. The summed E-state index contributed by atoms with van der Waals surface area (Å²) in [7, 11) is 0. The van der Waals surface area contributed by atoms with Crippen molar-refractivity contribution >= 4 is 33.4 Å². The number of ether oxygens (including phenoxy) is 1. The van der Waals surface area contributed by atoms with E-state index in [1.165, 1.54) is 14.6 Å². The van der Waals surface area contributed by atoms with Crippen LogP contribution in [0.4, 0.5) is 0 Å². The van der Waals surface area contributed by atoms with Crippen molar-refractivity contribution in [2.75, 3.05) is 32.8 Å². The monoisotopic (exact) mass is 416 g/mol. The summed E-state index contributed by atoms with van der Waals surface area (Å²) in [5, 5.41) is 1.23. The minimum atomic E-state index is -0.393. The number of rotatable bonds is 5. The van der Waals surface area contributed by atoms with Crippen molar-refractivity contribution < 1.29 is 19.2 Å². The number of aromatic nitrogens is 1. The highest BCUT2D eigenvalue weighted by Gasteiger charge is 2.35. The number of hydrogen-bond acceptors (Lipinski definition) is 5. The molecule has 2 aliphatic rings. The molecule has 1 atom stereocenters. The zero-order valence-corrected chi connectivity index (χ0v) is 17.9. The molecule has 0 radical (unpaired) electrons. The molecule has 1 amide bonds. The van der Waals surface area contributed by atoms with E-state index >= 15 is 0 Å². The highest BCUT2D eigenvalue weighted by atomic mass is 32.1. The van der Waals surface area contributed by atoms with Crippen molar-refractivity contribution in [3.8, 4) is 0 Å². The van der Waals surface area contributed by atoms with Crippen LogP contribution in [0.25, 0.3) is 10.2 Å². The molecule has 0 saturated carbocycles. The van der Waals surface area contributed by atoms with E-state index in [2.05, 4.69) is 18.2 Å². The number of likely N-dealkylation sites (tertiary alicyclic amines) is 2. The Morgan fingerprint density at radius 2 is 2.00 bits per heavy atom. The first-order valence-corrected chi connectivity index (χ1v) is 11.6. The smallest absolute Gasteiger partial charge is 0.328 e. The lowest BCUT2D eigenvalue weighted by molar-refractivity contribution is -0.897. The highest BCUT2D eigenvalue weighted by Crippen LogP contribution is 2.31. The quantitative estimate of drug-likeness (QED) is 0.758. The topological polar surface area (TPSA) is 63.9 Å². The minimum absolute atomic E-state index is 0.0937. The van der Waals surface area contributed by atoms with Gasteiger partial charge in [0.2, 0.25) is 0 Å². The van der Waals surface area contributed by atoms with Gasteiger partial charge in [-0.1, -0.05) is 12.1 Å². The molecule has 2 fully saturated rings. The maximum absolute atomic E-state index is 12.9. The van der Waals surface area contributed by atoms with Crippen molar-refractivity contribution in [2.45, 2.75) is 51.0 Å². The standard InChI is InChI=1S/C22H29N3O3S/c1-2-28-22(27)18-8-5-6-12-25(18)20(26)15-24-13-10-16(11-14-24)21-23-17-7-3-4-9-19(17)29-21/h3-4,7,9,16,18H,2,5-6,8,10-15H2,1H3/p+1/t18-/m1/s1. The number of esters is 1. The van der Waals surface area contributed by atoms with Gasteiger partial charge >= 0.3 is 5.97 Å². The van der Waals surface area contributed by atoms with Crippen molar-refractivity contribution in [3.63, 3.8) is 0 Å². The Morgan fingerprint density at radius 1 is 1.21 bits per heavy atom. The molecule has 29 heavy (non-hydrogen) atoms. The van der Waals surface area contributed by atoms with E-state index in [1.807, 2.05) is 13.0 Å². The first kappa shape index (κ1) is 20.3. The molecule has 4 rings (SSSR count). The fourth-order valence-corrected chi connectivity index (χ4v) is 5.68. The van der Waals surface area contributed by atoms with Crippen molar-refractivity contribution in [3.05, 3.63) is 29.3 Å². The molecule has 156 valence electrons. The molecule has 1 aromatic heterocycles. The largest absolute Gasteiger partial charge is 0.464 e. The van der Waals surface area contributed by atoms with E-state index in [9.17, 15) is 9.59 Å². The minimum Gasteiger partial charge on any atom is -0.464 e. The summed E-state index contributed by atoms with van der Waals surface area (Å²) in [4.78, 5) is 33.1. The zero-order valence-electron chi connectivity index (χ0n) is 17.1. The van der Waals surface area contributed by atoms with Crippen LogP contribution < -0.4 is 4.90 Å². The average Bonchev–Trinajstić information content (AvgIpc) is 3.19. The van der Waals surface area contributed by atoms with Gasteiger partial charge in [-0.05, 0) is 38.3 Å². The summed E-state index contributed by atoms with van der Waals surface area (Å²) in [5.41, 5.74) is 1.09. The van der Waals surface area contributed by atoms with Crippen molar-refractivity contribution in [2.24, 2.45) is 0 Å². The Hall–Kier alpha value is -1.99. The van der Waals surface area contributed by atoms with Gasteiger partial charge in [0.25, 0.3) is 5.91 Å². The molecule has 1 aromatic carbocycles. The number of hydrogen-bond donors (Lipinski definition) is 1. The molecular formula is C22H30N3O3S+. The van der Waals surface area contributed by atoms with E-state index in [0.29, 0.717) is 25.6 Å². The summed E-state index contributed by atoms with van der Waals surface area (Å²) < 4.78 is 6.45. The molecule has 0 unspecified atom stereocenters. The molecular weight excluding hydrogens is 386 g/mol. The van der Waals surface area contributed by atoms with Crippen LogP contribution >= 0.6 is 11.3 Å². The van der Waals surface area contributed by atoms with E-state index in [4.69, 9.17) is 9.72 Å². The van der Waals surface area contributed by atoms with Crippen LogP contribution in [-0.4, -0.2) is 60.6 Å². The average molecular weight is 417 g/mol. The van der Waals surface area contributed by atoms with Crippen LogP contribution in [0.5, 0.6) is 0 Å². The zero-order chi connectivity index (χ0) is 20.2. The Labute approximate surface area is 175 Å². The van der Waals surface area contributed by atoms with E-state index in [-0.39, 0.29) is 11.9 Å². The third-order valence-electron chi connectivity index (χ3n) is 6.14. The number of piperidine rings is 2. The molecule has 3 heterocycles. The van der Waals surface area contributed by atoms with E-state index < -0.39 is 6.04 Å². The van der Waals surface area contributed by atoms with Crippen molar-refractivity contribution in [1.29, 1.82) is 0 Å². The molecule has 0 bridgehead atoms. The number of thiazole rings is 1.